The molecule has 1 aromatic carbocycles. The Bertz CT molecular complexity index is 806. The molecule has 0 spiro atoms. The number of halogens is 3. The maximum absolute atomic E-state index is 13.9. The number of ether oxygens (including phenoxy) is 1. The summed E-state index contributed by atoms with van der Waals surface area (Å²) in [6, 6.07) is 4.47. The van der Waals surface area contributed by atoms with Crippen LogP contribution in [0.3, 0.4) is 0 Å². The summed E-state index contributed by atoms with van der Waals surface area (Å²) in [6.45, 7) is 0. The smallest absolute Gasteiger partial charge is 0.175 e. The first kappa shape index (κ1) is 13.5. The van der Waals surface area contributed by atoms with Crippen LogP contribution in [-0.4, -0.2) is 17.1 Å². The number of aromatic nitrogens is 2. The van der Waals surface area contributed by atoms with E-state index in [0.717, 1.165) is 0 Å². The summed E-state index contributed by atoms with van der Waals surface area (Å²) in [5.74, 6) is 0.439. The zero-order valence-electron chi connectivity index (χ0n) is 10.2. The van der Waals surface area contributed by atoms with Crippen LogP contribution in [0.15, 0.2) is 23.6 Å². The Hall–Kier alpha value is -1.43. The lowest BCUT2D eigenvalue weighted by molar-refractivity contribution is 0.418. The molecular formula is C13H7Cl2FN2OS. The largest absolute Gasteiger partial charge is 0.495 e. The third kappa shape index (κ3) is 2.12. The lowest BCUT2D eigenvalue weighted by Crippen LogP contribution is -1.95. The second-order valence-corrected chi connectivity index (χ2v) is 5.59. The average Bonchev–Trinajstić information content (AvgIpc) is 2.91. The molecule has 2 aromatic heterocycles. The number of nitrogens with zero attached hydrogens (tertiary/aromatic N) is 2. The Labute approximate surface area is 128 Å². The minimum atomic E-state index is -0.495. The van der Waals surface area contributed by atoms with E-state index in [2.05, 4.69) is 9.97 Å². The van der Waals surface area contributed by atoms with E-state index < -0.39 is 5.82 Å². The van der Waals surface area contributed by atoms with Crippen LogP contribution >= 0.6 is 34.5 Å². The zero-order chi connectivity index (χ0) is 14.3. The Morgan fingerprint density at radius 2 is 2.00 bits per heavy atom. The van der Waals surface area contributed by atoms with Gasteiger partial charge in [0.1, 0.15) is 27.1 Å². The highest BCUT2D eigenvalue weighted by atomic mass is 35.5. The van der Waals surface area contributed by atoms with Crippen molar-refractivity contribution in [3.63, 3.8) is 0 Å². The topological polar surface area (TPSA) is 35.0 Å². The van der Waals surface area contributed by atoms with Crippen LogP contribution in [0.25, 0.3) is 21.6 Å². The average molecular weight is 329 g/mol. The van der Waals surface area contributed by atoms with Gasteiger partial charge < -0.3 is 4.74 Å². The van der Waals surface area contributed by atoms with E-state index >= 15 is 0 Å². The molecule has 3 nitrogen and oxygen atoms in total. The summed E-state index contributed by atoms with van der Waals surface area (Å²) in [5, 5.41) is 2.58. The molecule has 2 heterocycles. The van der Waals surface area contributed by atoms with Gasteiger partial charge in [0.2, 0.25) is 0 Å². The fourth-order valence-corrected chi connectivity index (χ4v) is 3.20. The molecule has 3 aromatic rings. The van der Waals surface area contributed by atoms with Crippen molar-refractivity contribution >= 4 is 45.4 Å². The van der Waals surface area contributed by atoms with Gasteiger partial charge in [-0.25, -0.2) is 14.4 Å². The summed E-state index contributed by atoms with van der Waals surface area (Å²) < 4.78 is 19.1. The van der Waals surface area contributed by atoms with Crippen LogP contribution in [0, 0.1) is 5.82 Å². The van der Waals surface area contributed by atoms with Gasteiger partial charge in [0.25, 0.3) is 0 Å². The Morgan fingerprint density at radius 3 is 2.75 bits per heavy atom. The van der Waals surface area contributed by atoms with Crippen LogP contribution in [0.5, 0.6) is 5.75 Å². The standard InChI is InChI=1S/C13H7Cl2FN2OS/c1-19-8-4-5-20-11(8)13-17-10-7(16)3-2-6(14)9(10)12(15)18-13/h2-5H,1H3. The van der Waals surface area contributed by atoms with Crippen LogP contribution in [0.1, 0.15) is 0 Å². The van der Waals surface area contributed by atoms with Crippen molar-refractivity contribution in [1.29, 1.82) is 0 Å². The summed E-state index contributed by atoms with van der Waals surface area (Å²) >= 11 is 13.5. The van der Waals surface area contributed by atoms with Gasteiger partial charge in [0, 0.05) is 0 Å². The SMILES string of the molecule is COc1ccsc1-c1nc(Cl)c2c(Cl)ccc(F)c2n1. The van der Waals surface area contributed by atoms with Crippen molar-refractivity contribution in [1.82, 2.24) is 9.97 Å². The monoisotopic (exact) mass is 328 g/mol. The highest BCUT2D eigenvalue weighted by Crippen LogP contribution is 2.37. The Kier molecular flexibility index (Phi) is 3.50. The molecule has 0 amide bonds. The zero-order valence-corrected chi connectivity index (χ0v) is 12.5. The summed E-state index contributed by atoms with van der Waals surface area (Å²) in [4.78, 5) is 9.10. The van der Waals surface area contributed by atoms with Gasteiger partial charge in [0.15, 0.2) is 5.82 Å². The van der Waals surface area contributed by atoms with Gasteiger partial charge in [-0.15, -0.1) is 11.3 Å². The molecule has 0 saturated carbocycles. The third-order valence-corrected chi connectivity index (χ3v) is 4.24. The first-order valence-electron chi connectivity index (χ1n) is 5.55. The number of rotatable bonds is 2. The predicted octanol–water partition coefficient (Wildman–Crippen LogP) is 4.81. The van der Waals surface area contributed by atoms with Crippen molar-refractivity contribution in [2.75, 3.05) is 7.11 Å². The summed E-state index contributed by atoms with van der Waals surface area (Å²) in [7, 11) is 1.55. The van der Waals surface area contributed by atoms with Crippen molar-refractivity contribution in [3.05, 3.63) is 39.6 Å². The summed E-state index contributed by atoms with van der Waals surface area (Å²) in [5.41, 5.74) is 0.1000. The molecule has 20 heavy (non-hydrogen) atoms. The predicted molar refractivity (Wildman–Crippen MR) is 79.4 cm³/mol. The van der Waals surface area contributed by atoms with Crippen molar-refractivity contribution < 1.29 is 9.13 Å². The highest BCUT2D eigenvalue weighted by molar-refractivity contribution is 7.13. The van der Waals surface area contributed by atoms with Crippen LogP contribution in [0.2, 0.25) is 10.2 Å². The molecule has 0 radical (unpaired) electrons. The Balaban J connectivity index is 2.32. The summed E-state index contributed by atoms with van der Waals surface area (Å²) in [6.07, 6.45) is 0. The maximum atomic E-state index is 13.9. The molecule has 0 N–H and O–H groups in total. The molecule has 0 aliphatic rings. The van der Waals surface area contributed by atoms with E-state index in [1.807, 2.05) is 5.38 Å². The molecule has 102 valence electrons. The van der Waals surface area contributed by atoms with Crippen molar-refractivity contribution in [3.8, 4) is 16.5 Å². The normalized spacial score (nSPS) is 11.0. The molecule has 0 fully saturated rings. The Morgan fingerprint density at radius 1 is 1.20 bits per heavy atom. The van der Waals surface area contributed by atoms with Gasteiger partial charge in [0.05, 0.1) is 17.5 Å². The van der Waals surface area contributed by atoms with Crippen LogP contribution in [-0.2, 0) is 0 Å². The minimum Gasteiger partial charge on any atom is -0.495 e. The quantitative estimate of drug-likeness (QED) is 0.633. The first-order valence-corrected chi connectivity index (χ1v) is 7.18. The second-order valence-electron chi connectivity index (χ2n) is 3.91. The second kappa shape index (κ2) is 5.16. The fourth-order valence-electron chi connectivity index (χ4n) is 1.85. The lowest BCUT2D eigenvalue weighted by Gasteiger charge is -2.07. The maximum Gasteiger partial charge on any atom is 0.175 e. The molecule has 3 rings (SSSR count). The van der Waals surface area contributed by atoms with E-state index in [0.29, 0.717) is 26.9 Å². The minimum absolute atomic E-state index is 0.1000. The molecule has 0 unspecified atom stereocenters. The number of thiophene rings is 1. The third-order valence-electron chi connectivity index (χ3n) is 2.76. The highest BCUT2D eigenvalue weighted by Gasteiger charge is 2.17. The van der Waals surface area contributed by atoms with Gasteiger partial charge in [-0.3, -0.25) is 0 Å². The number of fused-ring (bicyclic) bond motifs is 1. The van der Waals surface area contributed by atoms with Crippen molar-refractivity contribution in [2.24, 2.45) is 0 Å². The fraction of sp³-hybridized carbons (Fsp3) is 0.0769. The first-order chi connectivity index (χ1) is 9.61. The van der Waals surface area contributed by atoms with Gasteiger partial charge in [-0.1, -0.05) is 23.2 Å². The van der Waals surface area contributed by atoms with E-state index in [9.17, 15) is 4.39 Å². The molecule has 0 atom stereocenters. The lowest BCUT2D eigenvalue weighted by atomic mass is 10.2. The van der Waals surface area contributed by atoms with Crippen molar-refractivity contribution in [2.45, 2.75) is 0 Å². The van der Waals surface area contributed by atoms with E-state index in [4.69, 9.17) is 27.9 Å². The molecular weight excluding hydrogens is 322 g/mol. The number of hydrogen-bond donors (Lipinski definition) is 0. The van der Waals surface area contributed by atoms with Crippen LogP contribution < -0.4 is 4.74 Å². The molecule has 7 heteroatoms. The molecule has 0 aliphatic heterocycles. The van der Waals surface area contributed by atoms with Gasteiger partial charge in [-0.05, 0) is 23.6 Å². The number of hydrogen-bond acceptors (Lipinski definition) is 4. The number of benzene rings is 1. The van der Waals surface area contributed by atoms with Crippen LogP contribution in [0.4, 0.5) is 4.39 Å². The van der Waals surface area contributed by atoms with E-state index in [-0.39, 0.29) is 10.7 Å². The van der Waals surface area contributed by atoms with Gasteiger partial charge >= 0.3 is 0 Å². The molecule has 0 saturated heterocycles. The van der Waals surface area contributed by atoms with Gasteiger partial charge in [-0.2, -0.15) is 0 Å². The van der Waals surface area contributed by atoms with E-state index in [1.54, 1.807) is 13.2 Å². The van der Waals surface area contributed by atoms with E-state index in [1.165, 1.54) is 23.5 Å². The molecule has 0 bridgehead atoms. The molecule has 0 aliphatic carbocycles. The number of methoxy groups -OCH3 is 1.